The maximum absolute atomic E-state index is 13.4. The number of esters is 1. The third kappa shape index (κ3) is 5.10. The van der Waals surface area contributed by atoms with Crippen LogP contribution in [0, 0.1) is 0 Å². The molecular formula is C32H28N2O5S. The van der Waals surface area contributed by atoms with Crippen LogP contribution in [0.25, 0.3) is 10.4 Å². The van der Waals surface area contributed by atoms with Gasteiger partial charge in [-0.1, -0.05) is 54.6 Å². The van der Waals surface area contributed by atoms with Crippen LogP contribution in [-0.2, 0) is 11.3 Å². The third-order valence-electron chi connectivity index (χ3n) is 7.57. The van der Waals surface area contributed by atoms with Crippen molar-refractivity contribution in [3.05, 3.63) is 107 Å². The first-order valence-electron chi connectivity index (χ1n) is 13.2. The van der Waals surface area contributed by atoms with Gasteiger partial charge < -0.3 is 20.1 Å². The van der Waals surface area contributed by atoms with E-state index in [-0.39, 0.29) is 18.3 Å². The number of ether oxygens (including phenoxy) is 2. The lowest BCUT2D eigenvalue weighted by Crippen LogP contribution is -2.52. The van der Waals surface area contributed by atoms with Gasteiger partial charge in [-0.25, -0.2) is 4.79 Å². The van der Waals surface area contributed by atoms with Gasteiger partial charge in [-0.05, 0) is 41.5 Å². The molecule has 0 radical (unpaired) electrons. The van der Waals surface area contributed by atoms with E-state index in [1.165, 1.54) is 11.3 Å². The van der Waals surface area contributed by atoms with Gasteiger partial charge in [0.1, 0.15) is 18.0 Å². The molecule has 0 unspecified atom stereocenters. The SMILES string of the molecule is Nc1sc(-c2ccc(C(=O)OCc3ccccc3)cc2)cc1C(=O)N1CCC2(CC1)CC(=O)c1ccccc1O2. The number of thiophene rings is 1. The number of likely N-dealkylation sites (tertiary alicyclic amines) is 1. The van der Waals surface area contributed by atoms with Crippen molar-refractivity contribution in [2.75, 3.05) is 18.8 Å². The highest BCUT2D eigenvalue weighted by molar-refractivity contribution is 7.19. The highest BCUT2D eigenvalue weighted by atomic mass is 32.1. The monoisotopic (exact) mass is 552 g/mol. The lowest BCUT2D eigenvalue weighted by Gasteiger charge is -2.43. The highest BCUT2D eigenvalue weighted by Crippen LogP contribution is 2.40. The molecule has 7 nitrogen and oxygen atoms in total. The van der Waals surface area contributed by atoms with Gasteiger partial charge in [0.2, 0.25) is 0 Å². The molecule has 3 heterocycles. The van der Waals surface area contributed by atoms with Gasteiger partial charge in [0.15, 0.2) is 5.78 Å². The summed E-state index contributed by atoms with van der Waals surface area (Å²) in [4.78, 5) is 41.2. The van der Waals surface area contributed by atoms with E-state index >= 15 is 0 Å². The Morgan fingerprint density at radius 1 is 0.950 bits per heavy atom. The molecule has 1 fully saturated rings. The van der Waals surface area contributed by atoms with Gasteiger partial charge in [0, 0.05) is 30.8 Å². The normalized spacial score (nSPS) is 15.8. The molecule has 40 heavy (non-hydrogen) atoms. The van der Waals surface area contributed by atoms with Crippen molar-refractivity contribution in [1.82, 2.24) is 4.90 Å². The molecule has 202 valence electrons. The second-order valence-corrected chi connectivity index (χ2v) is 11.3. The molecule has 8 heteroatoms. The summed E-state index contributed by atoms with van der Waals surface area (Å²) in [6.07, 6.45) is 1.49. The van der Waals surface area contributed by atoms with Gasteiger partial charge >= 0.3 is 5.97 Å². The van der Waals surface area contributed by atoms with Crippen molar-refractivity contribution >= 4 is 34.0 Å². The first kappa shape index (κ1) is 25.8. The molecule has 3 aromatic carbocycles. The molecule has 2 aliphatic rings. The molecule has 1 spiro atoms. The van der Waals surface area contributed by atoms with E-state index in [4.69, 9.17) is 15.2 Å². The Morgan fingerprint density at radius 3 is 2.40 bits per heavy atom. The summed E-state index contributed by atoms with van der Waals surface area (Å²) in [6.45, 7) is 1.18. The Labute approximate surface area is 236 Å². The van der Waals surface area contributed by atoms with Gasteiger partial charge in [0.25, 0.3) is 5.91 Å². The van der Waals surface area contributed by atoms with E-state index in [1.54, 1.807) is 23.1 Å². The Balaban J connectivity index is 1.09. The zero-order valence-corrected chi connectivity index (χ0v) is 22.6. The number of hydrogen-bond donors (Lipinski definition) is 1. The molecular weight excluding hydrogens is 524 g/mol. The first-order chi connectivity index (χ1) is 19.4. The van der Waals surface area contributed by atoms with Crippen LogP contribution in [0.4, 0.5) is 5.00 Å². The van der Waals surface area contributed by atoms with Crippen LogP contribution in [-0.4, -0.2) is 41.3 Å². The number of ketones is 1. The first-order valence-corrected chi connectivity index (χ1v) is 14.0. The van der Waals surface area contributed by atoms with E-state index in [2.05, 4.69) is 0 Å². The fraction of sp³-hybridized carbons (Fsp3) is 0.219. The van der Waals surface area contributed by atoms with Gasteiger partial charge in [0.05, 0.1) is 28.1 Å². The topological polar surface area (TPSA) is 98.9 Å². The van der Waals surface area contributed by atoms with Gasteiger partial charge in [-0.2, -0.15) is 0 Å². The van der Waals surface area contributed by atoms with Crippen LogP contribution >= 0.6 is 11.3 Å². The van der Waals surface area contributed by atoms with Crippen molar-refractivity contribution < 1.29 is 23.9 Å². The van der Waals surface area contributed by atoms with Crippen LogP contribution in [0.2, 0.25) is 0 Å². The Kier molecular flexibility index (Phi) is 6.86. The van der Waals surface area contributed by atoms with Gasteiger partial charge in [-0.3, -0.25) is 9.59 Å². The van der Waals surface area contributed by atoms with Crippen LogP contribution in [0.1, 0.15) is 55.9 Å². The summed E-state index contributed by atoms with van der Waals surface area (Å²) in [5, 5.41) is 0.449. The van der Waals surface area contributed by atoms with E-state index in [1.807, 2.05) is 66.7 Å². The molecule has 6 rings (SSSR count). The summed E-state index contributed by atoms with van der Waals surface area (Å²) < 4.78 is 11.7. The Morgan fingerprint density at radius 2 is 1.65 bits per heavy atom. The molecule has 2 N–H and O–H groups in total. The number of nitrogens with zero attached hydrogens (tertiary/aromatic N) is 1. The van der Waals surface area contributed by atoms with E-state index in [0.717, 1.165) is 16.0 Å². The lowest BCUT2D eigenvalue weighted by atomic mass is 9.82. The summed E-state index contributed by atoms with van der Waals surface area (Å²) in [5.74, 6) is 0.190. The second kappa shape index (κ2) is 10.6. The summed E-state index contributed by atoms with van der Waals surface area (Å²) in [5.41, 5.74) is 9.05. The van der Waals surface area contributed by atoms with Crippen LogP contribution in [0.3, 0.4) is 0 Å². The minimum absolute atomic E-state index is 0.0869. The number of carbonyl (C=O) groups is 3. The van der Waals surface area contributed by atoms with Gasteiger partial charge in [-0.15, -0.1) is 11.3 Å². The number of para-hydroxylation sites is 1. The number of anilines is 1. The summed E-state index contributed by atoms with van der Waals surface area (Å²) >= 11 is 1.34. The molecule has 0 saturated carbocycles. The van der Waals surface area contributed by atoms with Crippen LogP contribution in [0.15, 0.2) is 84.9 Å². The predicted octanol–water partition coefficient (Wildman–Crippen LogP) is 5.99. The number of piperidine rings is 1. The zero-order chi connectivity index (χ0) is 27.7. The van der Waals surface area contributed by atoms with Crippen molar-refractivity contribution in [1.29, 1.82) is 0 Å². The molecule has 1 amide bonds. The van der Waals surface area contributed by atoms with E-state index in [0.29, 0.717) is 59.8 Å². The van der Waals surface area contributed by atoms with Crippen LogP contribution in [0.5, 0.6) is 5.75 Å². The number of benzene rings is 3. The fourth-order valence-corrected chi connectivity index (χ4v) is 6.23. The minimum atomic E-state index is -0.572. The number of carbonyl (C=O) groups excluding carboxylic acids is 3. The molecule has 1 saturated heterocycles. The lowest BCUT2D eigenvalue weighted by molar-refractivity contribution is -0.00568. The van der Waals surface area contributed by atoms with E-state index in [9.17, 15) is 14.4 Å². The third-order valence-corrected chi connectivity index (χ3v) is 8.58. The number of nitrogens with two attached hydrogens (primary N) is 1. The molecule has 1 aromatic heterocycles. The summed E-state index contributed by atoms with van der Waals surface area (Å²) in [6, 6.07) is 25.8. The smallest absolute Gasteiger partial charge is 0.338 e. The number of hydrogen-bond acceptors (Lipinski definition) is 7. The number of amides is 1. The number of Topliss-reactive ketones (excluding diaryl/α,β-unsaturated/α-hetero) is 1. The minimum Gasteiger partial charge on any atom is -0.486 e. The van der Waals surface area contributed by atoms with Crippen LogP contribution < -0.4 is 10.5 Å². The quantitative estimate of drug-likeness (QED) is 0.305. The Bertz CT molecular complexity index is 1570. The van der Waals surface area contributed by atoms with Crippen molar-refractivity contribution in [3.8, 4) is 16.2 Å². The molecule has 0 bridgehead atoms. The number of nitrogen functional groups attached to an aromatic ring is 1. The zero-order valence-electron chi connectivity index (χ0n) is 21.8. The summed E-state index contributed by atoms with van der Waals surface area (Å²) in [7, 11) is 0. The highest BCUT2D eigenvalue weighted by Gasteiger charge is 2.43. The largest absolute Gasteiger partial charge is 0.486 e. The average Bonchev–Trinajstić information content (AvgIpc) is 3.38. The predicted molar refractivity (Wildman–Crippen MR) is 154 cm³/mol. The fourth-order valence-electron chi connectivity index (χ4n) is 5.30. The maximum Gasteiger partial charge on any atom is 0.338 e. The molecule has 0 atom stereocenters. The number of fused-ring (bicyclic) bond motifs is 1. The second-order valence-electron chi connectivity index (χ2n) is 10.2. The van der Waals surface area contributed by atoms with Crippen molar-refractivity contribution in [2.24, 2.45) is 0 Å². The van der Waals surface area contributed by atoms with E-state index < -0.39 is 11.6 Å². The maximum atomic E-state index is 13.4. The Hall–Kier alpha value is -4.43. The average molecular weight is 553 g/mol. The van der Waals surface area contributed by atoms with Crippen molar-refractivity contribution in [3.63, 3.8) is 0 Å². The van der Waals surface area contributed by atoms with Crippen molar-refractivity contribution in [2.45, 2.75) is 31.5 Å². The molecule has 2 aliphatic heterocycles. The number of rotatable bonds is 5. The standard InChI is InChI=1S/C32H28N2O5S/c33-29-25(30(36)34-16-14-32(15-17-34)19-26(35)24-8-4-5-9-27(24)39-32)18-28(40-29)22-10-12-23(13-11-22)31(37)38-20-21-6-2-1-3-7-21/h1-13,18H,14-17,19-20,33H2. The molecule has 4 aromatic rings. The molecule has 0 aliphatic carbocycles.